The van der Waals surface area contributed by atoms with Crippen molar-refractivity contribution in [3.05, 3.63) is 66.8 Å². The number of nitrogens with zero attached hydrogens (tertiary/aromatic N) is 7. The summed E-state index contributed by atoms with van der Waals surface area (Å²) < 4.78 is 6.75. The summed E-state index contributed by atoms with van der Waals surface area (Å²) in [4.78, 5) is 28.8. The molecule has 0 unspecified atom stereocenters. The second-order valence-electron chi connectivity index (χ2n) is 5.83. The molecule has 0 saturated heterocycles. The SMILES string of the molecule is O=C(CCc1nc(-c2ccccn2)no1)NCc1cccnc1-n1cncn1. The summed E-state index contributed by atoms with van der Waals surface area (Å²) in [6.07, 6.45) is 6.88. The molecule has 4 aromatic rings. The van der Waals surface area contributed by atoms with Crippen molar-refractivity contribution in [2.45, 2.75) is 19.4 Å². The van der Waals surface area contributed by atoms with Gasteiger partial charge in [0.1, 0.15) is 18.3 Å². The predicted molar refractivity (Wildman–Crippen MR) is 96.9 cm³/mol. The fourth-order valence-corrected chi connectivity index (χ4v) is 2.55. The van der Waals surface area contributed by atoms with Crippen molar-refractivity contribution >= 4 is 5.91 Å². The molecule has 10 heteroatoms. The number of carbonyl (C=O) groups is 1. The van der Waals surface area contributed by atoms with Gasteiger partial charge in [-0.3, -0.25) is 9.78 Å². The average molecular weight is 376 g/mol. The Morgan fingerprint density at radius 1 is 1.14 bits per heavy atom. The lowest BCUT2D eigenvalue weighted by Crippen LogP contribution is -2.24. The number of amides is 1. The summed E-state index contributed by atoms with van der Waals surface area (Å²) >= 11 is 0. The van der Waals surface area contributed by atoms with E-state index in [1.165, 1.54) is 6.33 Å². The molecule has 0 atom stereocenters. The molecular weight excluding hydrogens is 360 g/mol. The van der Waals surface area contributed by atoms with Crippen molar-refractivity contribution in [3.8, 4) is 17.3 Å². The lowest BCUT2D eigenvalue weighted by Gasteiger charge is -2.08. The van der Waals surface area contributed by atoms with Gasteiger partial charge in [0, 0.05) is 37.3 Å². The van der Waals surface area contributed by atoms with Gasteiger partial charge in [0.25, 0.3) is 0 Å². The Labute approximate surface area is 159 Å². The Morgan fingerprint density at radius 2 is 2.07 bits per heavy atom. The van der Waals surface area contributed by atoms with Crippen LogP contribution in [0, 0.1) is 0 Å². The Morgan fingerprint density at radius 3 is 2.89 bits per heavy atom. The molecule has 0 aliphatic carbocycles. The summed E-state index contributed by atoms with van der Waals surface area (Å²) in [5.74, 6) is 1.28. The van der Waals surface area contributed by atoms with Gasteiger partial charge in [-0.1, -0.05) is 17.3 Å². The van der Waals surface area contributed by atoms with Crippen molar-refractivity contribution in [2.24, 2.45) is 0 Å². The van der Waals surface area contributed by atoms with Gasteiger partial charge in [-0.05, 0) is 18.2 Å². The highest BCUT2D eigenvalue weighted by atomic mass is 16.5. The zero-order chi connectivity index (χ0) is 19.2. The number of pyridine rings is 2. The van der Waals surface area contributed by atoms with Gasteiger partial charge in [0.15, 0.2) is 5.82 Å². The zero-order valence-electron chi connectivity index (χ0n) is 14.8. The summed E-state index contributed by atoms with van der Waals surface area (Å²) in [7, 11) is 0. The number of hydrogen-bond donors (Lipinski definition) is 1. The fraction of sp³-hybridized carbons (Fsp3) is 0.167. The minimum atomic E-state index is -0.133. The second kappa shape index (κ2) is 8.16. The van der Waals surface area contributed by atoms with E-state index in [9.17, 15) is 4.79 Å². The lowest BCUT2D eigenvalue weighted by molar-refractivity contribution is -0.121. The maximum Gasteiger partial charge on any atom is 0.227 e. The van der Waals surface area contributed by atoms with E-state index in [0.29, 0.717) is 36.2 Å². The third-order valence-electron chi connectivity index (χ3n) is 3.91. The number of hydrogen-bond acceptors (Lipinski definition) is 8. The van der Waals surface area contributed by atoms with E-state index >= 15 is 0 Å². The molecule has 10 nitrogen and oxygen atoms in total. The molecule has 0 radical (unpaired) electrons. The number of carbonyl (C=O) groups excluding carboxylic acids is 1. The fourth-order valence-electron chi connectivity index (χ4n) is 2.55. The van der Waals surface area contributed by atoms with E-state index in [1.807, 2.05) is 18.2 Å². The third-order valence-corrected chi connectivity index (χ3v) is 3.91. The largest absolute Gasteiger partial charge is 0.352 e. The Hall–Kier alpha value is -3.95. The maximum atomic E-state index is 12.2. The van der Waals surface area contributed by atoms with E-state index in [2.05, 4.69) is 35.5 Å². The van der Waals surface area contributed by atoms with Crippen LogP contribution in [0.5, 0.6) is 0 Å². The van der Waals surface area contributed by atoms with Crippen molar-refractivity contribution in [1.29, 1.82) is 0 Å². The predicted octanol–water partition coefficient (Wildman–Crippen LogP) is 1.36. The molecule has 0 bridgehead atoms. The molecule has 0 aliphatic rings. The molecule has 4 heterocycles. The molecule has 4 aromatic heterocycles. The van der Waals surface area contributed by atoms with Gasteiger partial charge >= 0.3 is 0 Å². The monoisotopic (exact) mass is 376 g/mol. The van der Waals surface area contributed by atoms with Crippen molar-refractivity contribution in [1.82, 2.24) is 40.2 Å². The van der Waals surface area contributed by atoms with Gasteiger partial charge in [0.05, 0.1) is 0 Å². The Bertz CT molecular complexity index is 1050. The molecule has 28 heavy (non-hydrogen) atoms. The van der Waals surface area contributed by atoms with Crippen LogP contribution in [0.3, 0.4) is 0 Å². The Kier molecular flexibility index (Phi) is 5.09. The van der Waals surface area contributed by atoms with E-state index in [0.717, 1.165) is 5.56 Å². The first-order valence-corrected chi connectivity index (χ1v) is 8.59. The molecular formula is C18H16N8O2. The maximum absolute atomic E-state index is 12.2. The van der Waals surface area contributed by atoms with Crippen LogP contribution >= 0.6 is 0 Å². The zero-order valence-corrected chi connectivity index (χ0v) is 14.8. The first-order chi connectivity index (χ1) is 13.8. The highest BCUT2D eigenvalue weighted by molar-refractivity contribution is 5.76. The molecule has 0 aromatic carbocycles. The number of rotatable bonds is 7. The molecule has 0 spiro atoms. The van der Waals surface area contributed by atoms with Crippen LogP contribution < -0.4 is 5.32 Å². The van der Waals surface area contributed by atoms with Gasteiger partial charge in [0.2, 0.25) is 17.6 Å². The van der Waals surface area contributed by atoms with Gasteiger partial charge < -0.3 is 9.84 Å². The normalized spacial score (nSPS) is 10.7. The summed E-state index contributed by atoms with van der Waals surface area (Å²) in [5, 5.41) is 10.8. The molecule has 1 N–H and O–H groups in total. The average Bonchev–Trinajstić information content (AvgIpc) is 3.44. The molecule has 0 aliphatic heterocycles. The van der Waals surface area contributed by atoms with Gasteiger partial charge in [-0.25, -0.2) is 14.6 Å². The van der Waals surface area contributed by atoms with E-state index < -0.39 is 0 Å². The summed E-state index contributed by atoms with van der Waals surface area (Å²) in [5.41, 5.74) is 1.45. The van der Waals surface area contributed by atoms with Crippen molar-refractivity contribution in [3.63, 3.8) is 0 Å². The lowest BCUT2D eigenvalue weighted by atomic mass is 10.2. The summed E-state index contributed by atoms with van der Waals surface area (Å²) in [6.45, 7) is 0.324. The minimum absolute atomic E-state index is 0.133. The van der Waals surface area contributed by atoms with Crippen LogP contribution in [0.4, 0.5) is 0 Å². The van der Waals surface area contributed by atoms with E-state index in [1.54, 1.807) is 35.5 Å². The molecule has 1 amide bonds. The standard InChI is InChI=1S/C18H16N8O2/c27-15(6-7-16-24-17(25-28-16)14-5-1-2-8-20-14)22-10-13-4-3-9-21-18(13)26-12-19-11-23-26/h1-5,8-9,11-12H,6-7,10H2,(H,22,27). The topological polar surface area (TPSA) is 125 Å². The number of nitrogens with one attached hydrogen (secondary N) is 1. The molecule has 140 valence electrons. The van der Waals surface area contributed by atoms with Gasteiger partial charge in [-0.15, -0.1) is 0 Å². The van der Waals surface area contributed by atoms with Crippen molar-refractivity contribution in [2.75, 3.05) is 0 Å². The highest BCUT2D eigenvalue weighted by Gasteiger charge is 2.12. The van der Waals surface area contributed by atoms with Crippen LogP contribution in [-0.4, -0.2) is 40.8 Å². The van der Waals surface area contributed by atoms with Crippen molar-refractivity contribution < 1.29 is 9.32 Å². The molecule has 4 rings (SSSR count). The number of aryl methyl sites for hydroxylation is 1. The van der Waals surface area contributed by atoms with Crippen LogP contribution in [-0.2, 0) is 17.8 Å². The van der Waals surface area contributed by atoms with Crippen LogP contribution in [0.15, 0.2) is 59.9 Å². The quantitative estimate of drug-likeness (QED) is 0.512. The first-order valence-electron chi connectivity index (χ1n) is 8.59. The summed E-state index contributed by atoms with van der Waals surface area (Å²) in [6, 6.07) is 9.13. The Balaban J connectivity index is 1.32. The molecule has 0 fully saturated rings. The highest BCUT2D eigenvalue weighted by Crippen LogP contribution is 2.13. The van der Waals surface area contributed by atoms with Gasteiger partial charge in [-0.2, -0.15) is 10.1 Å². The first kappa shape index (κ1) is 17.5. The second-order valence-corrected chi connectivity index (χ2v) is 5.83. The minimum Gasteiger partial charge on any atom is -0.352 e. The number of aromatic nitrogens is 7. The third kappa shape index (κ3) is 4.06. The van der Waals surface area contributed by atoms with Crippen LogP contribution in [0.1, 0.15) is 17.9 Å². The molecule has 0 saturated carbocycles. The van der Waals surface area contributed by atoms with E-state index in [-0.39, 0.29) is 12.3 Å². The van der Waals surface area contributed by atoms with Crippen LogP contribution in [0.2, 0.25) is 0 Å². The van der Waals surface area contributed by atoms with E-state index in [4.69, 9.17) is 4.52 Å². The van der Waals surface area contributed by atoms with Crippen LogP contribution in [0.25, 0.3) is 17.3 Å². The smallest absolute Gasteiger partial charge is 0.227 e.